The molecule has 3 aromatic rings. The Hall–Kier alpha value is -3.47. The highest BCUT2D eigenvalue weighted by atomic mass is 16.6. The average Bonchev–Trinajstić information content (AvgIpc) is 2.74. The summed E-state index contributed by atoms with van der Waals surface area (Å²) >= 11 is 0. The Balaban J connectivity index is 1.96. The normalized spacial score (nSPS) is 19.8. The minimum absolute atomic E-state index is 0.0303. The van der Waals surface area contributed by atoms with E-state index in [1.54, 1.807) is 29.2 Å². The number of amides is 1. The maximum atomic E-state index is 13.5. The first-order valence-electron chi connectivity index (χ1n) is 9.98. The van der Waals surface area contributed by atoms with Crippen molar-refractivity contribution in [3.8, 4) is 0 Å². The van der Waals surface area contributed by atoms with Crippen LogP contribution in [0.25, 0.3) is 0 Å². The second-order valence-electron chi connectivity index (χ2n) is 8.65. The molecule has 5 heteroatoms. The molecule has 1 unspecified atom stereocenters. The lowest BCUT2D eigenvalue weighted by Crippen LogP contribution is -2.55. The van der Waals surface area contributed by atoms with Crippen LogP contribution in [-0.4, -0.2) is 16.4 Å². The van der Waals surface area contributed by atoms with Gasteiger partial charge in [0, 0.05) is 34.3 Å². The number of fused-ring (bicyclic) bond motifs is 1. The average molecular weight is 400 g/mol. The first-order chi connectivity index (χ1) is 14.2. The van der Waals surface area contributed by atoms with Crippen molar-refractivity contribution in [2.45, 2.75) is 38.1 Å². The van der Waals surface area contributed by atoms with E-state index in [-0.39, 0.29) is 16.5 Å². The minimum atomic E-state index is -0.499. The van der Waals surface area contributed by atoms with E-state index in [9.17, 15) is 14.9 Å². The van der Waals surface area contributed by atoms with Gasteiger partial charge in [0.15, 0.2) is 0 Å². The zero-order chi connectivity index (χ0) is 21.5. The molecular weight excluding hydrogens is 376 g/mol. The largest absolute Gasteiger partial charge is 0.302 e. The van der Waals surface area contributed by atoms with Gasteiger partial charge in [0.25, 0.3) is 11.6 Å². The van der Waals surface area contributed by atoms with Gasteiger partial charge in [-0.1, -0.05) is 55.5 Å². The van der Waals surface area contributed by atoms with E-state index >= 15 is 0 Å². The third kappa shape index (κ3) is 3.16. The molecule has 1 heterocycles. The highest BCUT2D eigenvalue weighted by Gasteiger charge is 2.48. The third-order valence-corrected chi connectivity index (χ3v) is 6.05. The fraction of sp³-hybridized carbons (Fsp3) is 0.240. The Morgan fingerprint density at radius 1 is 0.933 bits per heavy atom. The van der Waals surface area contributed by atoms with Crippen LogP contribution < -0.4 is 4.90 Å². The molecule has 0 aromatic heterocycles. The maximum absolute atomic E-state index is 13.5. The van der Waals surface area contributed by atoms with Crippen molar-refractivity contribution in [1.29, 1.82) is 0 Å². The van der Waals surface area contributed by atoms with Gasteiger partial charge in [0.1, 0.15) is 0 Å². The molecule has 1 aliphatic rings. The van der Waals surface area contributed by atoms with Crippen molar-refractivity contribution in [3.63, 3.8) is 0 Å². The lowest BCUT2D eigenvalue weighted by atomic mass is 9.65. The van der Waals surface area contributed by atoms with Crippen molar-refractivity contribution in [1.82, 2.24) is 0 Å². The summed E-state index contributed by atoms with van der Waals surface area (Å²) in [5.74, 6) is -0.106. The van der Waals surface area contributed by atoms with Crippen molar-refractivity contribution in [3.05, 3.63) is 106 Å². The van der Waals surface area contributed by atoms with Crippen LogP contribution in [0.2, 0.25) is 0 Å². The summed E-state index contributed by atoms with van der Waals surface area (Å²) in [6, 6.07) is 24.0. The molecule has 0 fully saturated rings. The van der Waals surface area contributed by atoms with Gasteiger partial charge in [-0.05, 0) is 49.6 Å². The lowest BCUT2D eigenvalue weighted by Gasteiger charge is -2.51. The van der Waals surface area contributed by atoms with Gasteiger partial charge in [0.05, 0.1) is 4.92 Å². The molecule has 1 amide bonds. The number of non-ortho nitro benzene ring substituents is 1. The van der Waals surface area contributed by atoms with Gasteiger partial charge in [-0.3, -0.25) is 14.9 Å². The van der Waals surface area contributed by atoms with E-state index < -0.39 is 11.0 Å². The predicted octanol–water partition coefficient (Wildman–Crippen LogP) is 5.73. The first-order valence-corrected chi connectivity index (χ1v) is 9.98. The summed E-state index contributed by atoms with van der Waals surface area (Å²) in [6.07, 6.45) is 0.636. The van der Waals surface area contributed by atoms with Gasteiger partial charge >= 0.3 is 0 Å². The van der Waals surface area contributed by atoms with Crippen LogP contribution in [0.4, 0.5) is 11.4 Å². The van der Waals surface area contributed by atoms with Crippen molar-refractivity contribution in [2.24, 2.45) is 0 Å². The van der Waals surface area contributed by atoms with Crippen LogP contribution in [0, 0.1) is 10.1 Å². The summed E-state index contributed by atoms with van der Waals surface area (Å²) in [5.41, 5.74) is 2.25. The Morgan fingerprint density at radius 3 is 2.13 bits per heavy atom. The zero-order valence-corrected chi connectivity index (χ0v) is 17.3. The molecule has 0 saturated carbocycles. The summed E-state index contributed by atoms with van der Waals surface area (Å²) < 4.78 is 0. The monoisotopic (exact) mass is 400 g/mol. The summed E-state index contributed by atoms with van der Waals surface area (Å²) in [7, 11) is 0. The molecular formula is C25H24N2O3. The number of nitro benzene ring substituents is 1. The summed E-state index contributed by atoms with van der Waals surface area (Å²) in [6.45, 7) is 6.22. The molecule has 0 radical (unpaired) electrons. The Bertz CT molecular complexity index is 1110. The van der Waals surface area contributed by atoms with Gasteiger partial charge in [0.2, 0.25) is 0 Å². The number of nitrogens with zero attached hydrogens (tertiary/aromatic N) is 2. The van der Waals surface area contributed by atoms with Gasteiger partial charge in [-0.25, -0.2) is 0 Å². The lowest BCUT2D eigenvalue weighted by molar-refractivity contribution is -0.385. The molecule has 0 bridgehead atoms. The van der Waals surface area contributed by atoms with Crippen LogP contribution >= 0.6 is 0 Å². The third-order valence-electron chi connectivity index (χ3n) is 6.05. The molecule has 4 rings (SSSR count). The number of rotatable bonds is 3. The molecule has 0 aliphatic carbocycles. The van der Waals surface area contributed by atoms with Crippen LogP contribution in [0.5, 0.6) is 0 Å². The molecule has 1 atom stereocenters. The molecule has 0 saturated heterocycles. The van der Waals surface area contributed by atoms with Crippen LogP contribution in [-0.2, 0) is 5.41 Å². The Kier molecular flexibility index (Phi) is 4.69. The summed E-state index contributed by atoms with van der Waals surface area (Å²) in [5, 5.41) is 11.5. The second kappa shape index (κ2) is 7.10. The fourth-order valence-corrected chi connectivity index (χ4v) is 4.80. The van der Waals surface area contributed by atoms with E-state index in [0.29, 0.717) is 12.0 Å². The quantitative estimate of drug-likeness (QED) is 0.417. The number of anilines is 1. The SMILES string of the molecule is CC1(c2ccccc2)CC(C)(C)N(C(=O)c2ccccc2)c2ccc([N+](=O)[O-])cc21. The van der Waals surface area contributed by atoms with E-state index in [1.165, 1.54) is 6.07 Å². The van der Waals surface area contributed by atoms with Crippen molar-refractivity contribution >= 4 is 17.3 Å². The molecule has 0 spiro atoms. The van der Waals surface area contributed by atoms with E-state index in [4.69, 9.17) is 0 Å². The number of benzene rings is 3. The van der Waals surface area contributed by atoms with E-state index in [1.807, 2.05) is 48.5 Å². The van der Waals surface area contributed by atoms with Crippen molar-refractivity contribution in [2.75, 3.05) is 4.90 Å². The Labute approximate surface area is 176 Å². The van der Waals surface area contributed by atoms with E-state index in [2.05, 4.69) is 20.8 Å². The van der Waals surface area contributed by atoms with Gasteiger partial charge in [-0.15, -0.1) is 0 Å². The number of hydrogen-bond acceptors (Lipinski definition) is 3. The second-order valence-corrected chi connectivity index (χ2v) is 8.65. The zero-order valence-electron chi connectivity index (χ0n) is 17.3. The molecule has 1 aliphatic heterocycles. The highest BCUT2D eigenvalue weighted by Crippen LogP contribution is 2.51. The van der Waals surface area contributed by atoms with Crippen LogP contribution in [0.1, 0.15) is 48.7 Å². The fourth-order valence-electron chi connectivity index (χ4n) is 4.80. The molecule has 5 nitrogen and oxygen atoms in total. The topological polar surface area (TPSA) is 63.5 Å². The first kappa shape index (κ1) is 19.8. The molecule has 3 aromatic carbocycles. The number of carbonyl (C=O) groups is 1. The number of hydrogen-bond donors (Lipinski definition) is 0. The predicted molar refractivity (Wildman–Crippen MR) is 118 cm³/mol. The molecule has 30 heavy (non-hydrogen) atoms. The minimum Gasteiger partial charge on any atom is -0.302 e. The van der Waals surface area contributed by atoms with Gasteiger partial charge in [-0.2, -0.15) is 0 Å². The van der Waals surface area contributed by atoms with Gasteiger partial charge < -0.3 is 4.90 Å². The molecule has 0 N–H and O–H groups in total. The highest BCUT2D eigenvalue weighted by molar-refractivity contribution is 6.08. The van der Waals surface area contributed by atoms with Crippen LogP contribution in [0.3, 0.4) is 0 Å². The summed E-state index contributed by atoms with van der Waals surface area (Å²) in [4.78, 5) is 26.5. The standard InChI is InChI=1S/C25H24N2O3/c1-24(2)17-25(3,19-12-8-5-9-13-19)21-16-20(27(29)30)14-15-22(21)26(24)23(28)18-10-6-4-7-11-18/h4-16H,17H2,1-3H3. The van der Waals surface area contributed by atoms with E-state index in [0.717, 1.165) is 16.8 Å². The van der Waals surface area contributed by atoms with Crippen LogP contribution in [0.15, 0.2) is 78.9 Å². The Morgan fingerprint density at radius 2 is 1.53 bits per heavy atom. The maximum Gasteiger partial charge on any atom is 0.269 e. The number of nitro groups is 1. The smallest absolute Gasteiger partial charge is 0.269 e. The van der Waals surface area contributed by atoms with Crippen molar-refractivity contribution < 1.29 is 9.72 Å². The molecule has 152 valence electrons. The number of carbonyl (C=O) groups excluding carboxylic acids is 1.